The van der Waals surface area contributed by atoms with Crippen LogP contribution in [0.5, 0.6) is 0 Å². The third kappa shape index (κ3) is 5.31. The summed E-state index contributed by atoms with van der Waals surface area (Å²) in [6.45, 7) is 4.09. The quantitative estimate of drug-likeness (QED) is 0.647. The molecule has 0 radical (unpaired) electrons. The fraction of sp³-hybridized carbons (Fsp3) is 0.333. The second-order valence-electron chi connectivity index (χ2n) is 5.45. The Kier molecular flexibility index (Phi) is 6.80. The van der Waals surface area contributed by atoms with Crippen LogP contribution in [0.1, 0.15) is 25.8 Å². The van der Waals surface area contributed by atoms with Gasteiger partial charge in [0.25, 0.3) is 10.1 Å². The van der Waals surface area contributed by atoms with Gasteiger partial charge in [0.2, 0.25) is 0 Å². The Morgan fingerprint density at radius 1 is 1.04 bits per heavy atom. The Morgan fingerprint density at radius 3 is 2.25 bits per heavy atom. The smallest absolute Gasteiger partial charge is 0.297 e. The first-order valence-corrected chi connectivity index (χ1v) is 9.55. The summed E-state index contributed by atoms with van der Waals surface area (Å²) in [5, 5.41) is 0.473. The predicted molar refractivity (Wildman–Crippen MR) is 94.5 cm³/mol. The summed E-state index contributed by atoms with van der Waals surface area (Å²) >= 11 is 5.79. The molecule has 0 aliphatic heterocycles. The molecule has 0 aliphatic rings. The molecule has 0 aliphatic carbocycles. The molecular weight excluding hydrogens is 348 g/mol. The maximum absolute atomic E-state index is 12.4. The zero-order valence-electron chi connectivity index (χ0n) is 13.7. The molecule has 0 aromatic heterocycles. The molecule has 2 atom stereocenters. The topological polar surface area (TPSA) is 52.6 Å². The van der Waals surface area contributed by atoms with Gasteiger partial charge in [-0.05, 0) is 43.2 Å². The Hall–Kier alpha value is -1.40. The molecule has 24 heavy (non-hydrogen) atoms. The van der Waals surface area contributed by atoms with Gasteiger partial charge in [-0.3, -0.25) is 4.18 Å². The van der Waals surface area contributed by atoms with Crippen LogP contribution in [-0.2, 0) is 25.6 Å². The van der Waals surface area contributed by atoms with Crippen molar-refractivity contribution in [1.29, 1.82) is 0 Å². The van der Waals surface area contributed by atoms with E-state index in [0.29, 0.717) is 18.1 Å². The van der Waals surface area contributed by atoms with Crippen LogP contribution in [0.3, 0.4) is 0 Å². The average molecular weight is 369 g/mol. The molecule has 0 N–H and O–H groups in total. The van der Waals surface area contributed by atoms with Crippen molar-refractivity contribution in [2.75, 3.05) is 0 Å². The van der Waals surface area contributed by atoms with Crippen molar-refractivity contribution in [3.05, 3.63) is 65.2 Å². The van der Waals surface area contributed by atoms with E-state index in [-0.39, 0.29) is 11.0 Å². The molecule has 0 fully saturated rings. The van der Waals surface area contributed by atoms with Gasteiger partial charge < -0.3 is 4.74 Å². The van der Waals surface area contributed by atoms with Crippen LogP contribution in [-0.4, -0.2) is 20.6 Å². The average Bonchev–Trinajstić information content (AvgIpc) is 2.59. The highest BCUT2D eigenvalue weighted by Crippen LogP contribution is 2.21. The highest BCUT2D eigenvalue weighted by molar-refractivity contribution is 7.86. The fourth-order valence-corrected chi connectivity index (χ4v) is 3.53. The minimum atomic E-state index is -3.85. The molecule has 2 rings (SSSR count). The Morgan fingerprint density at radius 2 is 1.67 bits per heavy atom. The molecule has 2 aromatic carbocycles. The van der Waals surface area contributed by atoms with E-state index in [9.17, 15) is 8.42 Å². The van der Waals surface area contributed by atoms with Crippen LogP contribution >= 0.6 is 11.6 Å². The zero-order chi connectivity index (χ0) is 17.6. The van der Waals surface area contributed by atoms with E-state index in [0.717, 1.165) is 5.56 Å². The van der Waals surface area contributed by atoms with Crippen molar-refractivity contribution in [3.8, 4) is 0 Å². The molecule has 0 saturated heterocycles. The number of ether oxygens (including phenoxy) is 1. The number of hydrogen-bond donors (Lipinski definition) is 0. The Labute approximate surface area is 148 Å². The summed E-state index contributed by atoms with van der Waals surface area (Å²) in [6.07, 6.45) is -0.408. The van der Waals surface area contributed by atoms with E-state index in [1.807, 2.05) is 44.2 Å². The van der Waals surface area contributed by atoms with Crippen molar-refractivity contribution < 1.29 is 17.3 Å². The van der Waals surface area contributed by atoms with E-state index in [1.54, 1.807) is 0 Å². The third-order valence-corrected chi connectivity index (χ3v) is 5.24. The molecule has 0 heterocycles. The van der Waals surface area contributed by atoms with Crippen molar-refractivity contribution in [1.82, 2.24) is 0 Å². The molecule has 0 spiro atoms. The minimum Gasteiger partial charge on any atom is -0.371 e. The molecule has 0 amide bonds. The maximum atomic E-state index is 12.4. The first kappa shape index (κ1) is 18.9. The number of halogens is 1. The second kappa shape index (κ2) is 8.62. The van der Waals surface area contributed by atoms with Gasteiger partial charge in [-0.2, -0.15) is 8.42 Å². The van der Waals surface area contributed by atoms with Crippen LogP contribution in [0, 0.1) is 0 Å². The monoisotopic (exact) mass is 368 g/mol. The second-order valence-corrected chi connectivity index (χ2v) is 7.46. The molecule has 0 saturated carbocycles. The summed E-state index contributed by atoms with van der Waals surface area (Å²) < 4.78 is 35.9. The molecule has 2 aromatic rings. The standard InChI is InChI=1S/C18H21ClO4S/c1-3-18(14(2)22-13-15-7-5-4-6-8-15)23-24(20,21)17-11-9-16(19)10-12-17/h4-12,14,18H,3,13H2,1-2H3/t14-,18+/m0/s1. The van der Waals surface area contributed by atoms with Crippen molar-refractivity contribution in [2.24, 2.45) is 0 Å². The van der Waals surface area contributed by atoms with Gasteiger partial charge in [0, 0.05) is 5.02 Å². The van der Waals surface area contributed by atoms with Gasteiger partial charge in [-0.1, -0.05) is 48.9 Å². The molecular formula is C18H21ClO4S. The number of hydrogen-bond acceptors (Lipinski definition) is 4. The van der Waals surface area contributed by atoms with E-state index in [1.165, 1.54) is 24.3 Å². The Bertz CT molecular complexity index is 729. The highest BCUT2D eigenvalue weighted by atomic mass is 35.5. The maximum Gasteiger partial charge on any atom is 0.297 e. The van der Waals surface area contributed by atoms with Crippen molar-refractivity contribution in [3.63, 3.8) is 0 Å². The summed E-state index contributed by atoms with van der Waals surface area (Å²) in [5.41, 5.74) is 1.03. The van der Waals surface area contributed by atoms with Crippen LogP contribution in [0.15, 0.2) is 59.5 Å². The molecule has 130 valence electrons. The fourth-order valence-electron chi connectivity index (χ4n) is 2.21. The van der Waals surface area contributed by atoms with Crippen LogP contribution in [0.2, 0.25) is 5.02 Å². The highest BCUT2D eigenvalue weighted by Gasteiger charge is 2.25. The first-order chi connectivity index (χ1) is 11.4. The van der Waals surface area contributed by atoms with Crippen LogP contribution in [0.4, 0.5) is 0 Å². The Balaban J connectivity index is 2.00. The van der Waals surface area contributed by atoms with Gasteiger partial charge >= 0.3 is 0 Å². The molecule has 0 unspecified atom stereocenters. The van der Waals surface area contributed by atoms with E-state index in [4.69, 9.17) is 20.5 Å². The molecule has 6 heteroatoms. The first-order valence-electron chi connectivity index (χ1n) is 7.76. The number of rotatable bonds is 8. The van der Waals surface area contributed by atoms with Gasteiger partial charge in [-0.25, -0.2) is 0 Å². The lowest BCUT2D eigenvalue weighted by Crippen LogP contribution is -2.31. The van der Waals surface area contributed by atoms with Crippen molar-refractivity contribution in [2.45, 2.75) is 44.0 Å². The predicted octanol–water partition coefficient (Wildman–Crippen LogP) is 4.43. The van der Waals surface area contributed by atoms with Gasteiger partial charge in [-0.15, -0.1) is 0 Å². The van der Waals surface area contributed by atoms with E-state index >= 15 is 0 Å². The summed E-state index contributed by atoms with van der Waals surface area (Å²) in [7, 11) is -3.85. The molecule has 0 bridgehead atoms. The number of benzene rings is 2. The lowest BCUT2D eigenvalue weighted by molar-refractivity contribution is -0.0226. The zero-order valence-corrected chi connectivity index (χ0v) is 15.3. The van der Waals surface area contributed by atoms with E-state index < -0.39 is 16.2 Å². The van der Waals surface area contributed by atoms with Gasteiger partial charge in [0.05, 0.1) is 17.6 Å². The minimum absolute atomic E-state index is 0.0839. The van der Waals surface area contributed by atoms with Crippen LogP contribution in [0.25, 0.3) is 0 Å². The van der Waals surface area contributed by atoms with Crippen LogP contribution < -0.4 is 0 Å². The largest absolute Gasteiger partial charge is 0.371 e. The summed E-state index contributed by atoms with van der Waals surface area (Å²) in [5.74, 6) is 0. The van der Waals surface area contributed by atoms with E-state index in [2.05, 4.69) is 0 Å². The lowest BCUT2D eigenvalue weighted by Gasteiger charge is -2.23. The van der Waals surface area contributed by atoms with Gasteiger partial charge in [0.1, 0.15) is 6.10 Å². The van der Waals surface area contributed by atoms with Crippen molar-refractivity contribution >= 4 is 21.7 Å². The normalized spacial score (nSPS) is 14.3. The van der Waals surface area contributed by atoms with Gasteiger partial charge in [0.15, 0.2) is 0 Å². The molecule has 4 nitrogen and oxygen atoms in total. The summed E-state index contributed by atoms with van der Waals surface area (Å²) in [6, 6.07) is 15.6. The lowest BCUT2D eigenvalue weighted by atomic mass is 10.2. The summed E-state index contributed by atoms with van der Waals surface area (Å²) in [4.78, 5) is 0.0839. The third-order valence-electron chi connectivity index (χ3n) is 3.63. The SMILES string of the molecule is CC[C@@H](OS(=O)(=O)c1ccc(Cl)cc1)[C@H](C)OCc1ccccc1.